The molecule has 4 rings (SSSR count). The van der Waals surface area contributed by atoms with Crippen molar-refractivity contribution >= 4 is 12.2 Å². The number of carbonyl (C=O) groups is 1. The number of rotatable bonds is 11. The summed E-state index contributed by atoms with van der Waals surface area (Å²) in [5.74, 6) is 0.667. The number of aryl methyl sites for hydroxylation is 1. The number of hydrogen-bond acceptors (Lipinski definition) is 5. The van der Waals surface area contributed by atoms with E-state index in [1.807, 2.05) is 6.21 Å². The lowest BCUT2D eigenvalue weighted by Gasteiger charge is -2.37. The SMILES string of the molecule is CCc1cc(CC=NOCc2ccc(C3CCCCC3)c(OC)c2)ccc1CN1CC(C(=O)O)C1. The lowest BCUT2D eigenvalue weighted by atomic mass is 9.83. The van der Waals surface area contributed by atoms with Crippen LogP contribution in [0.2, 0.25) is 0 Å². The van der Waals surface area contributed by atoms with Crippen molar-refractivity contribution in [2.75, 3.05) is 20.2 Å². The summed E-state index contributed by atoms with van der Waals surface area (Å²) in [6.45, 7) is 4.67. The summed E-state index contributed by atoms with van der Waals surface area (Å²) < 4.78 is 5.68. The molecule has 0 spiro atoms. The molecule has 0 bridgehead atoms. The summed E-state index contributed by atoms with van der Waals surface area (Å²) in [4.78, 5) is 18.8. The molecule has 35 heavy (non-hydrogen) atoms. The van der Waals surface area contributed by atoms with E-state index in [9.17, 15) is 4.79 Å². The smallest absolute Gasteiger partial charge is 0.309 e. The normalized spacial score (nSPS) is 17.4. The second kappa shape index (κ2) is 12.2. The van der Waals surface area contributed by atoms with Crippen LogP contribution in [0.25, 0.3) is 0 Å². The Morgan fingerprint density at radius 3 is 2.57 bits per heavy atom. The zero-order chi connectivity index (χ0) is 24.6. The van der Waals surface area contributed by atoms with E-state index in [2.05, 4.69) is 53.4 Å². The van der Waals surface area contributed by atoms with Crippen LogP contribution in [0.1, 0.15) is 72.8 Å². The number of methoxy groups -OCH3 is 1. The first-order valence-corrected chi connectivity index (χ1v) is 12.9. The summed E-state index contributed by atoms with van der Waals surface area (Å²) in [6, 6.07) is 12.9. The van der Waals surface area contributed by atoms with Gasteiger partial charge in [-0.15, -0.1) is 0 Å². The van der Waals surface area contributed by atoms with E-state index in [0.717, 1.165) is 24.3 Å². The molecule has 6 heteroatoms. The molecule has 2 aromatic carbocycles. The molecule has 2 fully saturated rings. The van der Waals surface area contributed by atoms with Crippen LogP contribution >= 0.6 is 0 Å². The third-order valence-electron chi connectivity index (χ3n) is 7.40. The van der Waals surface area contributed by atoms with E-state index in [4.69, 9.17) is 14.7 Å². The first-order valence-electron chi connectivity index (χ1n) is 12.9. The van der Waals surface area contributed by atoms with Crippen LogP contribution in [0.3, 0.4) is 0 Å². The zero-order valence-electron chi connectivity index (χ0n) is 21.0. The maximum Gasteiger partial charge on any atom is 0.309 e. The fourth-order valence-corrected chi connectivity index (χ4v) is 5.29. The van der Waals surface area contributed by atoms with Gasteiger partial charge < -0.3 is 14.7 Å². The van der Waals surface area contributed by atoms with Crippen molar-refractivity contribution < 1.29 is 19.5 Å². The van der Waals surface area contributed by atoms with Crippen LogP contribution in [0.4, 0.5) is 0 Å². The quantitative estimate of drug-likeness (QED) is 0.338. The highest BCUT2D eigenvalue weighted by atomic mass is 16.6. The zero-order valence-corrected chi connectivity index (χ0v) is 21.0. The van der Waals surface area contributed by atoms with Gasteiger partial charge in [0.05, 0.1) is 13.0 Å². The number of hydrogen-bond donors (Lipinski definition) is 1. The summed E-state index contributed by atoms with van der Waals surface area (Å²) in [5, 5.41) is 13.2. The van der Waals surface area contributed by atoms with Crippen molar-refractivity contribution in [2.45, 2.75) is 70.9 Å². The van der Waals surface area contributed by atoms with Crippen molar-refractivity contribution in [1.82, 2.24) is 4.90 Å². The van der Waals surface area contributed by atoms with E-state index in [0.29, 0.717) is 32.0 Å². The largest absolute Gasteiger partial charge is 0.496 e. The number of nitrogens with zero attached hydrogens (tertiary/aromatic N) is 2. The predicted molar refractivity (Wildman–Crippen MR) is 138 cm³/mol. The molecule has 1 N–H and O–H groups in total. The van der Waals surface area contributed by atoms with Gasteiger partial charge in [0.25, 0.3) is 0 Å². The lowest BCUT2D eigenvalue weighted by molar-refractivity contribution is -0.147. The molecule has 0 unspecified atom stereocenters. The maximum absolute atomic E-state index is 11.0. The Bertz CT molecular complexity index is 1020. The molecular formula is C29H38N2O4. The molecular weight excluding hydrogens is 440 g/mol. The topological polar surface area (TPSA) is 71.4 Å². The molecule has 2 aromatic rings. The average molecular weight is 479 g/mol. The predicted octanol–water partition coefficient (Wildman–Crippen LogP) is 5.57. The summed E-state index contributed by atoms with van der Waals surface area (Å²) in [5.41, 5.74) is 6.17. The third-order valence-corrected chi connectivity index (χ3v) is 7.40. The second-order valence-electron chi connectivity index (χ2n) is 9.86. The Labute approximate surface area is 208 Å². The molecule has 1 saturated carbocycles. The molecule has 1 saturated heterocycles. The van der Waals surface area contributed by atoms with E-state index >= 15 is 0 Å². The van der Waals surface area contributed by atoms with Gasteiger partial charge in [-0.05, 0) is 59.1 Å². The molecule has 1 heterocycles. The number of benzene rings is 2. The fraction of sp³-hybridized carbons (Fsp3) is 0.517. The molecule has 0 radical (unpaired) electrons. The van der Waals surface area contributed by atoms with Gasteiger partial charge in [0.15, 0.2) is 0 Å². The number of carboxylic acids is 1. The molecule has 2 aliphatic rings. The van der Waals surface area contributed by atoms with Crippen molar-refractivity contribution in [3.8, 4) is 5.75 Å². The third kappa shape index (κ3) is 6.63. The second-order valence-corrected chi connectivity index (χ2v) is 9.86. The van der Waals surface area contributed by atoms with Gasteiger partial charge in [-0.2, -0.15) is 0 Å². The highest BCUT2D eigenvalue weighted by Crippen LogP contribution is 2.37. The van der Waals surface area contributed by atoms with Crippen LogP contribution in [0.15, 0.2) is 41.6 Å². The average Bonchev–Trinajstić information content (AvgIpc) is 2.86. The van der Waals surface area contributed by atoms with Crippen molar-refractivity contribution in [3.63, 3.8) is 0 Å². The van der Waals surface area contributed by atoms with Crippen molar-refractivity contribution in [1.29, 1.82) is 0 Å². The molecule has 0 amide bonds. The van der Waals surface area contributed by atoms with Gasteiger partial charge in [0, 0.05) is 32.3 Å². The molecule has 0 aromatic heterocycles. The van der Waals surface area contributed by atoms with Gasteiger partial charge in [0.1, 0.15) is 12.4 Å². The number of oxime groups is 1. The first-order chi connectivity index (χ1) is 17.1. The molecule has 1 aliphatic carbocycles. The Kier molecular flexibility index (Phi) is 8.80. The Morgan fingerprint density at radius 2 is 1.86 bits per heavy atom. The van der Waals surface area contributed by atoms with E-state index in [-0.39, 0.29) is 5.92 Å². The summed E-state index contributed by atoms with van der Waals surface area (Å²) in [6.07, 6.45) is 9.94. The maximum atomic E-state index is 11.0. The van der Waals surface area contributed by atoms with Crippen LogP contribution in [0.5, 0.6) is 5.75 Å². The Balaban J connectivity index is 1.26. The minimum absolute atomic E-state index is 0.216. The Morgan fingerprint density at radius 1 is 1.09 bits per heavy atom. The minimum Gasteiger partial charge on any atom is -0.496 e. The van der Waals surface area contributed by atoms with Crippen molar-refractivity contribution in [3.05, 3.63) is 64.2 Å². The van der Waals surface area contributed by atoms with Crippen LogP contribution < -0.4 is 4.74 Å². The molecule has 1 aliphatic heterocycles. The Hall–Kier alpha value is -2.86. The van der Waals surface area contributed by atoms with Crippen LogP contribution in [0, 0.1) is 5.92 Å². The van der Waals surface area contributed by atoms with E-state index in [1.165, 1.54) is 54.4 Å². The van der Waals surface area contributed by atoms with Gasteiger partial charge in [-0.1, -0.05) is 61.7 Å². The molecule has 188 valence electrons. The first kappa shape index (κ1) is 25.2. The van der Waals surface area contributed by atoms with Gasteiger partial charge in [-0.25, -0.2) is 0 Å². The minimum atomic E-state index is -0.690. The van der Waals surface area contributed by atoms with Crippen LogP contribution in [-0.2, 0) is 35.6 Å². The number of ether oxygens (including phenoxy) is 1. The number of aliphatic carboxylic acids is 1. The van der Waals surface area contributed by atoms with Gasteiger partial charge in [-0.3, -0.25) is 9.69 Å². The standard InChI is InChI=1S/C29H38N2O4/c1-3-23-15-21(9-11-25(23)17-31-18-26(19-31)29(32)33)13-14-30-35-20-22-10-12-27(28(16-22)34-2)24-7-5-4-6-8-24/h9-12,14-16,24,26H,3-8,13,17-20H2,1-2H3,(H,32,33). The monoisotopic (exact) mass is 478 g/mol. The van der Waals surface area contributed by atoms with Gasteiger partial charge >= 0.3 is 5.97 Å². The van der Waals surface area contributed by atoms with E-state index in [1.54, 1.807) is 7.11 Å². The summed E-state index contributed by atoms with van der Waals surface area (Å²) in [7, 11) is 1.75. The highest BCUT2D eigenvalue weighted by Gasteiger charge is 2.32. The molecule has 6 nitrogen and oxygen atoms in total. The lowest BCUT2D eigenvalue weighted by Crippen LogP contribution is -2.49. The fourth-order valence-electron chi connectivity index (χ4n) is 5.29. The number of likely N-dealkylation sites (tertiary alicyclic amines) is 1. The van der Waals surface area contributed by atoms with E-state index < -0.39 is 5.97 Å². The van der Waals surface area contributed by atoms with Crippen LogP contribution in [-0.4, -0.2) is 42.4 Å². The summed E-state index contributed by atoms with van der Waals surface area (Å²) >= 11 is 0. The molecule has 0 atom stereocenters. The van der Waals surface area contributed by atoms with Gasteiger partial charge in [0.2, 0.25) is 0 Å². The highest BCUT2D eigenvalue weighted by molar-refractivity contribution is 5.71. The van der Waals surface area contributed by atoms with Crippen molar-refractivity contribution in [2.24, 2.45) is 11.1 Å². The number of carboxylic acid groups (broad SMARTS) is 1.